The zero-order valence-electron chi connectivity index (χ0n) is 35.9. The number of ether oxygens (including phenoxy) is 2. The molecule has 1 saturated heterocycles. The minimum absolute atomic E-state index is 0.00870. The summed E-state index contributed by atoms with van der Waals surface area (Å²) in [6, 6.07) is 10.4. The number of thiocarbonyl (C=S) groups is 1. The van der Waals surface area contributed by atoms with Crippen LogP contribution in [-0.4, -0.2) is 125 Å². The first-order chi connectivity index (χ1) is 30.4. The van der Waals surface area contributed by atoms with Gasteiger partial charge in [0.15, 0.2) is 10.9 Å². The summed E-state index contributed by atoms with van der Waals surface area (Å²) in [6.45, 7) is 9.45. The molecular formula is C43H56N12O7S. The quantitative estimate of drug-likeness (QED) is 0.0344. The molecule has 1 saturated carbocycles. The number of nitrogens with two attached hydrogens (primary N) is 1. The fourth-order valence-electron chi connectivity index (χ4n) is 7.66. The van der Waals surface area contributed by atoms with E-state index in [-0.39, 0.29) is 71.6 Å². The Hall–Kier alpha value is -5.93. The second kappa shape index (κ2) is 22.4. The van der Waals surface area contributed by atoms with E-state index < -0.39 is 12.1 Å². The van der Waals surface area contributed by atoms with E-state index in [9.17, 15) is 24.0 Å². The summed E-state index contributed by atoms with van der Waals surface area (Å²) in [7, 11) is 0. The Labute approximate surface area is 370 Å². The Bertz CT molecular complexity index is 2330. The van der Waals surface area contributed by atoms with Crippen molar-refractivity contribution in [1.82, 2.24) is 40.4 Å². The molecule has 7 N–H and O–H groups in total. The smallest absolute Gasteiger partial charge is 0.263 e. The van der Waals surface area contributed by atoms with Crippen molar-refractivity contribution < 1.29 is 28.7 Å². The second-order valence-electron chi connectivity index (χ2n) is 15.5. The summed E-state index contributed by atoms with van der Waals surface area (Å²) in [5.41, 5.74) is 8.22. The summed E-state index contributed by atoms with van der Waals surface area (Å²) in [5, 5.41) is 14.8. The number of hydrogen-bond donors (Lipinski definition) is 6. The van der Waals surface area contributed by atoms with Gasteiger partial charge in [0.25, 0.3) is 11.5 Å². The highest BCUT2D eigenvalue weighted by atomic mass is 32.1. The third-order valence-electron chi connectivity index (χ3n) is 10.8. The van der Waals surface area contributed by atoms with E-state index in [4.69, 9.17) is 32.4 Å². The zero-order chi connectivity index (χ0) is 44.9. The number of ketones is 1. The Morgan fingerprint density at radius 2 is 1.67 bits per heavy atom. The van der Waals surface area contributed by atoms with Crippen molar-refractivity contribution in [3.05, 3.63) is 75.8 Å². The van der Waals surface area contributed by atoms with Crippen molar-refractivity contribution in [3.63, 3.8) is 0 Å². The lowest BCUT2D eigenvalue weighted by atomic mass is 10.0. The van der Waals surface area contributed by atoms with Crippen LogP contribution >= 0.6 is 12.2 Å². The fourth-order valence-corrected chi connectivity index (χ4v) is 7.94. The molecule has 336 valence electrons. The number of para-hydroxylation sites is 1. The van der Waals surface area contributed by atoms with E-state index in [1.54, 1.807) is 55.1 Å². The van der Waals surface area contributed by atoms with E-state index >= 15 is 0 Å². The maximum atomic E-state index is 13.5. The highest BCUT2D eigenvalue weighted by molar-refractivity contribution is 7.80. The molecule has 1 aliphatic carbocycles. The van der Waals surface area contributed by atoms with E-state index in [2.05, 4.69) is 46.4 Å². The number of benzene rings is 1. The first-order valence-corrected chi connectivity index (χ1v) is 21.6. The van der Waals surface area contributed by atoms with Gasteiger partial charge < -0.3 is 41.4 Å². The first-order valence-electron chi connectivity index (χ1n) is 21.2. The largest absolute Gasteiger partial charge is 0.379 e. The summed E-state index contributed by atoms with van der Waals surface area (Å²) >= 11 is 5.08. The SMILES string of the molecule is CC(=O)c1c(C)c2cnc(Nc3ccc(N4CCN(CC(=O)NCCOCCOCCC(=O)Nc5ccccc5C(=O)NC(=S)NC(C)N)CC4)cn3)nc2n(C2CCCC2)c1=O. The van der Waals surface area contributed by atoms with Crippen molar-refractivity contribution in [2.24, 2.45) is 5.73 Å². The predicted octanol–water partition coefficient (Wildman–Crippen LogP) is 2.77. The average molecular weight is 885 g/mol. The third-order valence-corrected chi connectivity index (χ3v) is 11.0. The number of aromatic nitrogens is 4. The molecule has 19 nitrogen and oxygen atoms in total. The number of anilines is 4. The summed E-state index contributed by atoms with van der Waals surface area (Å²) in [4.78, 5) is 81.9. The highest BCUT2D eigenvalue weighted by Crippen LogP contribution is 2.32. The molecule has 63 heavy (non-hydrogen) atoms. The van der Waals surface area contributed by atoms with Gasteiger partial charge in [0.1, 0.15) is 11.5 Å². The van der Waals surface area contributed by atoms with Gasteiger partial charge in [0.2, 0.25) is 17.8 Å². The summed E-state index contributed by atoms with van der Waals surface area (Å²) < 4.78 is 12.8. The molecule has 4 heterocycles. The van der Waals surface area contributed by atoms with Gasteiger partial charge in [-0.3, -0.25) is 38.8 Å². The van der Waals surface area contributed by atoms with Gasteiger partial charge in [0.05, 0.1) is 74.3 Å². The highest BCUT2D eigenvalue weighted by Gasteiger charge is 2.26. The molecule has 1 aliphatic heterocycles. The Morgan fingerprint density at radius 1 is 0.937 bits per heavy atom. The second-order valence-corrected chi connectivity index (χ2v) is 15.9. The van der Waals surface area contributed by atoms with Gasteiger partial charge in [-0.15, -0.1) is 0 Å². The molecule has 20 heteroatoms. The van der Waals surface area contributed by atoms with E-state index in [0.29, 0.717) is 66.9 Å². The summed E-state index contributed by atoms with van der Waals surface area (Å²) in [5.74, 6) is -0.271. The topological polar surface area (TPSA) is 240 Å². The normalized spacial score (nSPS) is 14.9. The molecule has 2 fully saturated rings. The van der Waals surface area contributed by atoms with Gasteiger partial charge in [-0.05, 0) is 75.7 Å². The van der Waals surface area contributed by atoms with Crippen LogP contribution in [0.3, 0.4) is 0 Å². The van der Waals surface area contributed by atoms with Crippen LogP contribution in [0.4, 0.5) is 23.1 Å². The van der Waals surface area contributed by atoms with Crippen LogP contribution in [0.2, 0.25) is 0 Å². The molecule has 0 bridgehead atoms. The maximum absolute atomic E-state index is 13.5. The first kappa shape index (κ1) is 46.6. The van der Waals surface area contributed by atoms with E-state index in [1.807, 2.05) is 12.1 Å². The van der Waals surface area contributed by atoms with Crippen LogP contribution in [0.5, 0.6) is 0 Å². The molecule has 3 aromatic heterocycles. The van der Waals surface area contributed by atoms with Crippen molar-refractivity contribution in [1.29, 1.82) is 0 Å². The lowest BCUT2D eigenvalue weighted by Crippen LogP contribution is -2.49. The number of nitrogens with zero attached hydrogens (tertiary/aromatic N) is 6. The number of nitrogens with one attached hydrogen (secondary N) is 5. The van der Waals surface area contributed by atoms with Crippen molar-refractivity contribution in [2.45, 2.75) is 65.1 Å². The van der Waals surface area contributed by atoms with Crippen LogP contribution in [0.25, 0.3) is 11.0 Å². The number of carbonyl (C=O) groups is 4. The summed E-state index contributed by atoms with van der Waals surface area (Å²) in [6.07, 6.45) is 6.88. The number of carbonyl (C=O) groups excluding carboxylic acids is 4. The molecule has 1 unspecified atom stereocenters. The maximum Gasteiger partial charge on any atom is 0.263 e. The Morgan fingerprint density at radius 3 is 2.37 bits per heavy atom. The third kappa shape index (κ3) is 12.8. The van der Waals surface area contributed by atoms with Gasteiger partial charge in [-0.25, -0.2) is 9.97 Å². The number of fused-ring (bicyclic) bond motifs is 1. The van der Waals surface area contributed by atoms with Crippen LogP contribution in [-0.2, 0) is 19.1 Å². The van der Waals surface area contributed by atoms with Crippen molar-refractivity contribution in [3.8, 4) is 0 Å². The number of Topliss-reactive ketones (excluding diaryl/α,β-unsaturated/α-hetero) is 1. The van der Waals surface area contributed by atoms with Gasteiger partial charge in [-0.2, -0.15) is 4.98 Å². The molecule has 2 aliphatic rings. The van der Waals surface area contributed by atoms with Crippen LogP contribution in [0.1, 0.15) is 78.3 Å². The van der Waals surface area contributed by atoms with Gasteiger partial charge in [-0.1, -0.05) is 25.0 Å². The molecular weight excluding hydrogens is 829 g/mol. The predicted molar refractivity (Wildman–Crippen MR) is 243 cm³/mol. The average Bonchev–Trinajstić information content (AvgIpc) is 3.78. The molecule has 1 aromatic carbocycles. The zero-order valence-corrected chi connectivity index (χ0v) is 36.7. The van der Waals surface area contributed by atoms with Crippen LogP contribution in [0, 0.1) is 6.92 Å². The number of piperazine rings is 1. The van der Waals surface area contributed by atoms with Crippen LogP contribution < -0.4 is 42.8 Å². The fraction of sp³-hybridized carbons (Fsp3) is 0.465. The van der Waals surface area contributed by atoms with Crippen molar-refractivity contribution in [2.75, 3.05) is 81.2 Å². The van der Waals surface area contributed by atoms with Gasteiger partial charge in [0, 0.05) is 50.3 Å². The lowest BCUT2D eigenvalue weighted by molar-refractivity contribution is -0.122. The van der Waals surface area contributed by atoms with Crippen molar-refractivity contribution >= 4 is 75.0 Å². The molecule has 0 spiro atoms. The standard InChI is InChI=1S/C43H56N12O7S/c1-27-33-25-47-42(51-39(33)55(30-8-4-5-9-30)41(60)38(27)28(2)56)50-35-13-12-31(24-46-35)54-18-16-53(17-19-54)26-37(58)45-15-21-62-23-22-61-20-14-36(57)49-34-11-7-6-10-32(34)40(59)52-43(63)48-29(3)44/h6-7,10-13,24-25,29-30H,4-5,8-9,14-23,26,44H2,1-3H3,(H,45,58)(H,49,57)(H,46,47,50,51)(H2,48,52,59,63). The van der Waals surface area contributed by atoms with E-state index in [0.717, 1.165) is 44.5 Å². The number of aryl methyl sites for hydroxylation is 1. The Kier molecular flexibility index (Phi) is 16.6. The number of hydrogen-bond acceptors (Lipinski definition) is 15. The number of rotatable bonds is 19. The molecule has 1 atom stereocenters. The minimum atomic E-state index is -0.480. The molecule has 3 amide bonds. The molecule has 6 rings (SSSR count). The molecule has 0 radical (unpaired) electrons. The van der Waals surface area contributed by atoms with E-state index in [1.165, 1.54) is 6.92 Å². The minimum Gasteiger partial charge on any atom is -0.379 e. The monoisotopic (exact) mass is 884 g/mol. The van der Waals surface area contributed by atoms with Crippen LogP contribution in [0.15, 0.2) is 53.6 Å². The number of amides is 3. The lowest BCUT2D eigenvalue weighted by Gasteiger charge is -2.35. The molecule has 4 aromatic rings. The Balaban J connectivity index is 0.849. The van der Waals surface area contributed by atoms with Gasteiger partial charge >= 0.3 is 0 Å². The number of pyridine rings is 2.